The number of hydrogen-bond donors (Lipinski definition) is 0. The van der Waals surface area contributed by atoms with Crippen LogP contribution in [0.3, 0.4) is 0 Å². The van der Waals surface area contributed by atoms with Gasteiger partial charge < -0.3 is 0 Å². The van der Waals surface area contributed by atoms with Gasteiger partial charge in [0.25, 0.3) is 5.69 Å². The lowest BCUT2D eigenvalue weighted by Crippen LogP contribution is -2.04. The predicted octanol–water partition coefficient (Wildman–Crippen LogP) is 3.06. The molecule has 0 saturated carbocycles. The van der Waals surface area contributed by atoms with Crippen molar-refractivity contribution in [2.24, 2.45) is 0 Å². The Labute approximate surface area is 133 Å². The van der Waals surface area contributed by atoms with E-state index in [1.54, 1.807) is 12.1 Å². The molecule has 0 spiro atoms. The Morgan fingerprint density at radius 2 is 2.00 bits per heavy atom. The lowest BCUT2D eigenvalue weighted by Gasteiger charge is -2.01. The topological polar surface area (TPSA) is 86.7 Å². The van der Waals surface area contributed by atoms with Crippen molar-refractivity contribution in [3.05, 3.63) is 68.7 Å². The van der Waals surface area contributed by atoms with E-state index in [2.05, 4.69) is 31.3 Å². The number of tetrazole rings is 1. The van der Waals surface area contributed by atoms with E-state index >= 15 is 0 Å². The average molecular weight is 360 g/mol. The molecule has 0 unspecified atom stereocenters. The maximum atomic E-state index is 10.8. The Bertz CT molecular complexity index is 833. The highest BCUT2D eigenvalue weighted by molar-refractivity contribution is 9.10. The van der Waals surface area contributed by atoms with Crippen LogP contribution in [-0.4, -0.2) is 25.1 Å². The highest BCUT2D eigenvalue weighted by Crippen LogP contribution is 2.21. The first-order valence-electron chi connectivity index (χ1n) is 6.39. The lowest BCUT2D eigenvalue weighted by atomic mass is 10.2. The Balaban J connectivity index is 1.86. The van der Waals surface area contributed by atoms with Crippen LogP contribution < -0.4 is 0 Å². The van der Waals surface area contributed by atoms with E-state index < -0.39 is 4.92 Å². The summed E-state index contributed by atoms with van der Waals surface area (Å²) < 4.78 is 0.962. The minimum Gasteiger partial charge on any atom is -0.258 e. The summed E-state index contributed by atoms with van der Waals surface area (Å²) in [7, 11) is 0. The number of hydrogen-bond acceptors (Lipinski definition) is 5. The first-order valence-corrected chi connectivity index (χ1v) is 7.19. The summed E-state index contributed by atoms with van der Waals surface area (Å²) in [4.78, 5) is 11.8. The van der Waals surface area contributed by atoms with Crippen LogP contribution in [0.4, 0.5) is 5.69 Å². The van der Waals surface area contributed by atoms with Crippen LogP contribution in [0.2, 0.25) is 0 Å². The molecule has 0 aliphatic heterocycles. The number of benzene rings is 2. The molecule has 8 heteroatoms. The van der Waals surface area contributed by atoms with Gasteiger partial charge in [0.15, 0.2) is 0 Å². The SMILES string of the molecule is O=[N+]([O-])c1cccc(-c2nnn(Cc3ccccc3Br)n2)c1. The van der Waals surface area contributed by atoms with Gasteiger partial charge in [-0.3, -0.25) is 10.1 Å². The Hall–Kier alpha value is -2.61. The third-order valence-corrected chi connectivity index (χ3v) is 3.81. The van der Waals surface area contributed by atoms with Crippen molar-refractivity contribution in [1.29, 1.82) is 0 Å². The first-order chi connectivity index (χ1) is 10.6. The molecule has 0 atom stereocenters. The van der Waals surface area contributed by atoms with Gasteiger partial charge in [0.1, 0.15) is 0 Å². The molecule has 0 aliphatic rings. The fourth-order valence-electron chi connectivity index (χ4n) is 1.96. The molecule has 0 aliphatic carbocycles. The molecule has 0 N–H and O–H groups in total. The van der Waals surface area contributed by atoms with E-state index in [4.69, 9.17) is 0 Å². The molecule has 22 heavy (non-hydrogen) atoms. The van der Waals surface area contributed by atoms with Gasteiger partial charge in [0, 0.05) is 22.2 Å². The molecule has 3 rings (SSSR count). The summed E-state index contributed by atoms with van der Waals surface area (Å²) >= 11 is 3.47. The van der Waals surface area contributed by atoms with E-state index in [1.165, 1.54) is 16.9 Å². The molecular weight excluding hydrogens is 350 g/mol. The second-order valence-electron chi connectivity index (χ2n) is 4.54. The number of halogens is 1. The lowest BCUT2D eigenvalue weighted by molar-refractivity contribution is -0.384. The first kappa shape index (κ1) is 14.3. The molecule has 0 amide bonds. The monoisotopic (exact) mass is 359 g/mol. The molecule has 2 aromatic carbocycles. The molecule has 110 valence electrons. The number of nitro groups is 1. The number of nitrogens with zero attached hydrogens (tertiary/aromatic N) is 5. The predicted molar refractivity (Wildman–Crippen MR) is 83.2 cm³/mol. The van der Waals surface area contributed by atoms with Crippen molar-refractivity contribution in [3.63, 3.8) is 0 Å². The van der Waals surface area contributed by atoms with Crippen LogP contribution in [0, 0.1) is 10.1 Å². The quantitative estimate of drug-likeness (QED) is 0.527. The molecule has 1 heterocycles. The molecule has 0 fully saturated rings. The summed E-state index contributed by atoms with van der Waals surface area (Å²) in [6.07, 6.45) is 0. The average Bonchev–Trinajstić information content (AvgIpc) is 2.98. The Morgan fingerprint density at radius 3 is 2.77 bits per heavy atom. The Kier molecular flexibility index (Phi) is 3.92. The number of non-ortho nitro benzene ring substituents is 1. The summed E-state index contributed by atoms with van der Waals surface area (Å²) in [5, 5.41) is 23.0. The van der Waals surface area contributed by atoms with Crippen LogP contribution >= 0.6 is 15.9 Å². The zero-order valence-corrected chi connectivity index (χ0v) is 12.8. The van der Waals surface area contributed by atoms with Crippen LogP contribution in [0.1, 0.15) is 5.56 Å². The van der Waals surface area contributed by atoms with Gasteiger partial charge in [0.05, 0.1) is 11.5 Å². The van der Waals surface area contributed by atoms with E-state index in [9.17, 15) is 10.1 Å². The van der Waals surface area contributed by atoms with Gasteiger partial charge in [-0.25, -0.2) is 0 Å². The maximum absolute atomic E-state index is 10.8. The number of nitro benzene ring substituents is 1. The molecule has 7 nitrogen and oxygen atoms in total. The minimum absolute atomic E-state index is 0.000321. The van der Waals surface area contributed by atoms with Crippen molar-refractivity contribution in [2.75, 3.05) is 0 Å². The molecule has 0 saturated heterocycles. The zero-order valence-electron chi connectivity index (χ0n) is 11.3. The van der Waals surface area contributed by atoms with Crippen LogP contribution in [0.25, 0.3) is 11.4 Å². The van der Waals surface area contributed by atoms with Gasteiger partial charge in [0.2, 0.25) is 5.82 Å². The second kappa shape index (κ2) is 6.02. The fourth-order valence-corrected chi connectivity index (χ4v) is 2.37. The van der Waals surface area contributed by atoms with Crippen molar-refractivity contribution in [1.82, 2.24) is 20.2 Å². The zero-order chi connectivity index (χ0) is 15.5. The number of rotatable bonds is 4. The summed E-state index contributed by atoms with van der Waals surface area (Å²) in [6, 6.07) is 13.9. The standard InChI is InChI=1S/C14H10BrN5O2/c15-13-7-2-1-4-11(13)9-19-17-14(16-18-19)10-5-3-6-12(8-10)20(21)22/h1-8H,9H2. The largest absolute Gasteiger partial charge is 0.270 e. The van der Waals surface area contributed by atoms with Crippen molar-refractivity contribution < 1.29 is 4.92 Å². The third-order valence-electron chi connectivity index (χ3n) is 3.04. The Morgan fingerprint density at radius 1 is 1.18 bits per heavy atom. The summed E-state index contributed by atoms with van der Waals surface area (Å²) in [6.45, 7) is 0.462. The summed E-state index contributed by atoms with van der Waals surface area (Å²) in [5.41, 5.74) is 1.58. The van der Waals surface area contributed by atoms with Crippen molar-refractivity contribution in [2.45, 2.75) is 6.54 Å². The van der Waals surface area contributed by atoms with Crippen LogP contribution in [0.15, 0.2) is 53.0 Å². The van der Waals surface area contributed by atoms with E-state index in [1.807, 2.05) is 24.3 Å². The molecule has 0 bridgehead atoms. The molecule has 1 aromatic heterocycles. The highest BCUT2D eigenvalue weighted by atomic mass is 79.9. The maximum Gasteiger partial charge on any atom is 0.270 e. The normalized spacial score (nSPS) is 10.6. The van der Waals surface area contributed by atoms with Crippen molar-refractivity contribution >= 4 is 21.6 Å². The van der Waals surface area contributed by atoms with Crippen molar-refractivity contribution in [3.8, 4) is 11.4 Å². The van der Waals surface area contributed by atoms with E-state index in [-0.39, 0.29) is 5.69 Å². The fraction of sp³-hybridized carbons (Fsp3) is 0.0714. The minimum atomic E-state index is -0.449. The highest BCUT2D eigenvalue weighted by Gasteiger charge is 2.11. The van der Waals surface area contributed by atoms with Crippen LogP contribution in [0.5, 0.6) is 0 Å². The molecule has 0 radical (unpaired) electrons. The van der Waals surface area contributed by atoms with Crippen LogP contribution in [-0.2, 0) is 6.54 Å². The third kappa shape index (κ3) is 3.01. The second-order valence-corrected chi connectivity index (χ2v) is 5.40. The van der Waals surface area contributed by atoms with E-state index in [0.717, 1.165) is 10.0 Å². The van der Waals surface area contributed by atoms with Gasteiger partial charge in [-0.2, -0.15) is 4.80 Å². The molecule has 3 aromatic rings. The summed E-state index contributed by atoms with van der Waals surface area (Å²) in [5.74, 6) is 0.357. The number of aromatic nitrogens is 4. The molecular formula is C14H10BrN5O2. The van der Waals surface area contributed by atoms with Gasteiger partial charge in [-0.15, -0.1) is 10.2 Å². The van der Waals surface area contributed by atoms with Gasteiger partial charge >= 0.3 is 0 Å². The van der Waals surface area contributed by atoms with E-state index in [0.29, 0.717) is 17.9 Å². The smallest absolute Gasteiger partial charge is 0.258 e. The van der Waals surface area contributed by atoms with Gasteiger partial charge in [-0.1, -0.05) is 46.3 Å². The van der Waals surface area contributed by atoms with Gasteiger partial charge in [-0.05, 0) is 16.8 Å².